The third-order valence-corrected chi connectivity index (χ3v) is 22.1. The van der Waals surface area contributed by atoms with Crippen LogP contribution in [0.2, 0.25) is 0 Å². The summed E-state index contributed by atoms with van der Waals surface area (Å²) in [6.45, 7) is 25.9. The van der Waals surface area contributed by atoms with Gasteiger partial charge in [-0.2, -0.15) is 39.2 Å². The van der Waals surface area contributed by atoms with Crippen LogP contribution in [0.1, 0.15) is 109 Å². The van der Waals surface area contributed by atoms with E-state index in [-0.39, 0.29) is 45.1 Å². The van der Waals surface area contributed by atoms with Gasteiger partial charge >= 0.3 is 56.0 Å². The van der Waals surface area contributed by atoms with E-state index in [0.717, 1.165) is 35.6 Å². The van der Waals surface area contributed by atoms with E-state index in [1.54, 1.807) is 71.0 Å². The second-order valence-electron chi connectivity index (χ2n) is 5.34. The number of rotatable bonds is 2. The molecule has 0 aliphatic heterocycles. The van der Waals surface area contributed by atoms with Crippen LogP contribution in [0.4, 0.5) is 39.5 Å². The summed E-state index contributed by atoms with van der Waals surface area (Å²) in [5.74, 6) is 2.47. The van der Waals surface area contributed by atoms with Crippen molar-refractivity contribution in [3.8, 4) is 11.8 Å². The van der Waals surface area contributed by atoms with E-state index >= 15 is 0 Å². The van der Waals surface area contributed by atoms with Gasteiger partial charge in [0, 0.05) is 165 Å². The molecule has 54 heavy (non-hydrogen) atoms. The summed E-state index contributed by atoms with van der Waals surface area (Å²) in [5.41, 5.74) is 0. The topological polar surface area (TPSA) is 0 Å². The van der Waals surface area contributed by atoms with Crippen molar-refractivity contribution in [1.29, 1.82) is 0 Å². The molecule has 0 N–H and O–H groups in total. The molecule has 0 saturated carbocycles. The first-order chi connectivity index (χ1) is 24.0. The van der Waals surface area contributed by atoms with E-state index in [1.165, 1.54) is 30.6 Å². The largest absolute Gasteiger partial charge is 1.00 e. The summed E-state index contributed by atoms with van der Waals surface area (Å²) in [6.07, 6.45) is -3.50. The SMILES string of the molecule is C.C/C(F)=C(/C)F.CC.CC.CC#CC.CC(F)=C(F)F.FC(F)=C(F)F.S=S.S=S=S.S=S=S=S=S=S=S=S=S=S=S=S.[CH2-]CCC.[CH2-]CCC.[Li+].[Li+]. The van der Waals surface area contributed by atoms with Gasteiger partial charge in [0.15, 0.2) is 5.83 Å². The maximum atomic E-state index is 11.3. The van der Waals surface area contributed by atoms with E-state index in [2.05, 4.69) is 107 Å². The Kier molecular flexibility index (Phi) is 210. The maximum absolute atomic E-state index is 11.3. The Morgan fingerprint density at radius 3 is 0.685 bits per heavy atom. The molecule has 0 amide bonds. The molecule has 0 aliphatic carbocycles. The molecule has 0 aromatic heterocycles. The predicted molar refractivity (Wildman–Crippen MR) is 262 cm³/mol. The summed E-state index contributed by atoms with van der Waals surface area (Å²) in [6, 6.07) is 0. The maximum Gasteiger partial charge on any atom is 1.00 e. The Labute approximate surface area is 407 Å². The van der Waals surface area contributed by atoms with Crippen molar-refractivity contribution in [2.75, 3.05) is 0 Å². The van der Waals surface area contributed by atoms with Gasteiger partial charge in [0.25, 0.3) is 0 Å². The monoisotopic (exact) mass is 1090 g/mol. The first-order valence-corrected chi connectivity index (χ1v) is 31.6. The number of hydrogen-bond acceptors (Lipinski definition) is 6. The fourth-order valence-electron chi connectivity index (χ4n) is 0.0907. The number of hydrogen-bond donors (Lipinski definition) is 0. The van der Waals surface area contributed by atoms with Crippen LogP contribution in [0, 0.1) is 25.7 Å². The third kappa shape index (κ3) is 220. The predicted octanol–water partition coefficient (Wildman–Crippen LogP) is 7.18. The van der Waals surface area contributed by atoms with E-state index in [1.807, 2.05) is 41.5 Å². The molecule has 0 saturated heterocycles. The van der Waals surface area contributed by atoms with E-state index in [4.69, 9.17) is 0 Å². The van der Waals surface area contributed by atoms with Crippen molar-refractivity contribution >= 4 is 165 Å². The van der Waals surface area contributed by atoms with Gasteiger partial charge in [0.1, 0.15) is 11.7 Å². The standard InChI is InChI=1S/C4H6F2.2C4H9.C4H6.C3H3F3.C2F4.2C2H6.CH4.2Li.S12.S3.S2/c1-3(5)4(2)6;3*1-3-4-2;1-2(4)3(5)6;3-1(4)2(5)6;2*1-2;;;;1-3-5-7-9-11-12-10-8-6-4-2;1-3-2;1-2/h1-2H3;2*1,3-4H2,2H3;1-2H3;1H3;;2*1-2H3;1H4;;;;;/q;2*-1;;;;;;;2*+1;;;/b4-3+;;;;;;;;;;;;;. The van der Waals surface area contributed by atoms with Crippen molar-refractivity contribution in [2.24, 2.45) is 0 Å². The van der Waals surface area contributed by atoms with Gasteiger partial charge in [-0.1, -0.05) is 61.8 Å². The zero-order chi connectivity index (χ0) is 43.5. The van der Waals surface area contributed by atoms with Crippen molar-refractivity contribution in [1.82, 2.24) is 0 Å². The molecule has 0 unspecified atom stereocenters. The zero-order valence-corrected chi connectivity index (χ0v) is 45.5. The van der Waals surface area contributed by atoms with Crippen LogP contribution in [0.25, 0.3) is 0 Å². The second kappa shape index (κ2) is 117. The fourth-order valence-corrected chi connectivity index (χ4v) is 22.0. The van der Waals surface area contributed by atoms with Crippen LogP contribution in [-0.4, -0.2) is 0 Å². The number of allylic oxidation sites excluding steroid dienone is 3. The fraction of sp³-hybridized carbons (Fsp3) is 0.615. The van der Waals surface area contributed by atoms with Gasteiger partial charge in [0.2, 0.25) is 0 Å². The Morgan fingerprint density at radius 1 is 0.481 bits per heavy atom. The Morgan fingerprint density at radius 2 is 0.630 bits per heavy atom. The summed E-state index contributed by atoms with van der Waals surface area (Å²) in [7, 11) is 17.2. The molecule has 0 radical (unpaired) electrons. The molecule has 28 heteroatoms. The third-order valence-electron chi connectivity index (χ3n) is 2.09. The molecule has 0 atom stereocenters. The molecule has 0 bridgehead atoms. The molecule has 0 heterocycles. The Hall–Kier alpha value is 3.08. The summed E-state index contributed by atoms with van der Waals surface area (Å²) >= 11 is 25.0. The molecule has 320 valence electrons. The minimum atomic E-state index is -2.91. The first-order valence-electron chi connectivity index (χ1n) is 12.9. The van der Waals surface area contributed by atoms with Crippen LogP contribution in [0.3, 0.4) is 0 Å². The molecule has 0 aromatic rings. The first kappa shape index (κ1) is 96.7. The van der Waals surface area contributed by atoms with Gasteiger partial charge in [0.05, 0.1) is 0 Å². The van der Waals surface area contributed by atoms with Gasteiger partial charge in [-0.15, -0.1) is 11.8 Å². The van der Waals surface area contributed by atoms with Crippen LogP contribution in [-0.2, 0) is 165 Å². The van der Waals surface area contributed by atoms with Crippen LogP contribution >= 0.6 is 0 Å². The Bertz CT molecular complexity index is 1180. The molecule has 0 fully saturated rings. The molecule has 0 aromatic carbocycles. The molecular weight excluding hydrogens is 1040 g/mol. The van der Waals surface area contributed by atoms with Crippen LogP contribution < -0.4 is 37.7 Å². The van der Waals surface area contributed by atoms with Gasteiger partial charge in [-0.05, 0) is 34.6 Å². The average Bonchev–Trinajstić information content (AvgIpc) is 3.13. The van der Waals surface area contributed by atoms with Crippen molar-refractivity contribution < 1.29 is 77.2 Å². The van der Waals surface area contributed by atoms with Crippen LogP contribution in [0.5, 0.6) is 0 Å². The summed E-state index contributed by atoms with van der Waals surface area (Å²) < 4.78 is 96.1. The van der Waals surface area contributed by atoms with Crippen molar-refractivity contribution in [3.05, 3.63) is 49.6 Å². The minimum absolute atomic E-state index is 0. The molecule has 0 aliphatic rings. The summed E-state index contributed by atoms with van der Waals surface area (Å²) in [5, 5.41) is 0. The number of halogens is 9. The van der Waals surface area contributed by atoms with Crippen molar-refractivity contribution in [3.63, 3.8) is 0 Å². The normalized spacial score (nSPS) is 6.78. The van der Waals surface area contributed by atoms with Crippen molar-refractivity contribution in [2.45, 2.75) is 109 Å². The number of unbranched alkanes of at least 4 members (excludes halogenated alkanes) is 2. The molecule has 0 spiro atoms. The Balaban J connectivity index is -0.0000000284. The molecule has 0 nitrogen and oxygen atoms in total. The molecular formula is C26H49F9Li2S17. The van der Waals surface area contributed by atoms with Crippen LogP contribution in [0.15, 0.2) is 35.7 Å². The van der Waals surface area contributed by atoms with E-state index in [9.17, 15) is 39.5 Å². The van der Waals surface area contributed by atoms with E-state index in [0.29, 0.717) is 6.92 Å². The zero-order valence-electron chi connectivity index (χ0n) is 31.6. The summed E-state index contributed by atoms with van der Waals surface area (Å²) in [4.78, 5) is 0. The van der Waals surface area contributed by atoms with Gasteiger partial charge in [-0.3, -0.25) is 0 Å². The molecule has 0 rings (SSSR count). The average molecular weight is 1090 g/mol. The quantitative estimate of drug-likeness (QED) is 0.124. The van der Waals surface area contributed by atoms with Gasteiger partial charge in [-0.25, -0.2) is 13.2 Å². The smallest absolute Gasteiger partial charge is 0.343 e. The second-order valence-corrected chi connectivity index (χ2v) is 24.8. The van der Waals surface area contributed by atoms with E-state index < -0.39 is 35.7 Å². The van der Waals surface area contributed by atoms with Gasteiger partial charge < -0.3 is 13.8 Å². The minimum Gasteiger partial charge on any atom is -0.343 e.